The van der Waals surface area contributed by atoms with Crippen molar-refractivity contribution in [3.05, 3.63) is 46.1 Å². The Balaban J connectivity index is 1.67. The third-order valence-corrected chi connectivity index (χ3v) is 7.25. The lowest BCUT2D eigenvalue weighted by Crippen LogP contribution is -2.17. The Morgan fingerprint density at radius 1 is 1.23 bits per heavy atom. The third kappa shape index (κ3) is 3.94. The van der Waals surface area contributed by atoms with Gasteiger partial charge < -0.3 is 5.32 Å². The molecule has 0 spiro atoms. The van der Waals surface area contributed by atoms with Crippen LogP contribution < -0.4 is 5.32 Å². The van der Waals surface area contributed by atoms with E-state index >= 15 is 0 Å². The zero-order valence-corrected chi connectivity index (χ0v) is 15.6. The van der Waals surface area contributed by atoms with Crippen LogP contribution in [0.2, 0.25) is 0 Å². The number of thiophene rings is 1. The minimum Gasteiger partial charge on any atom is -0.317 e. The van der Waals surface area contributed by atoms with Crippen LogP contribution in [0.5, 0.6) is 0 Å². The minimum absolute atomic E-state index is 0.0176. The van der Waals surface area contributed by atoms with Crippen molar-refractivity contribution in [2.75, 3.05) is 11.1 Å². The zero-order chi connectivity index (χ0) is 18.7. The quantitative estimate of drug-likeness (QED) is 0.790. The number of nitrogens with one attached hydrogen (secondary N) is 1. The molecule has 26 heavy (non-hydrogen) atoms. The first-order chi connectivity index (χ1) is 12.4. The number of amides is 1. The number of benzene rings is 1. The van der Waals surface area contributed by atoms with Crippen molar-refractivity contribution in [1.82, 2.24) is 0 Å². The van der Waals surface area contributed by atoms with Gasteiger partial charge in [-0.15, -0.1) is 11.3 Å². The van der Waals surface area contributed by atoms with Crippen molar-refractivity contribution >= 4 is 32.1 Å². The SMILES string of the molecule is N#Cc1c(NC(=O)CCS(=O)(=O)c2ccc(F)cc2)sc2c1CCCC2. The molecular weight excluding hydrogens is 375 g/mol. The summed E-state index contributed by atoms with van der Waals surface area (Å²) in [6.07, 6.45) is 3.61. The molecule has 2 aromatic rings. The Hall–Kier alpha value is -2.24. The van der Waals surface area contributed by atoms with Gasteiger partial charge in [-0.2, -0.15) is 5.26 Å². The molecule has 5 nitrogen and oxygen atoms in total. The number of aryl methyl sites for hydroxylation is 1. The molecule has 0 fully saturated rings. The van der Waals surface area contributed by atoms with Gasteiger partial charge in [-0.25, -0.2) is 12.8 Å². The number of halogens is 1. The number of nitriles is 1. The number of hydrogen-bond acceptors (Lipinski definition) is 5. The second kappa shape index (κ2) is 7.56. The highest BCUT2D eigenvalue weighted by molar-refractivity contribution is 7.91. The molecule has 0 unspecified atom stereocenters. The lowest BCUT2D eigenvalue weighted by molar-refractivity contribution is -0.115. The van der Waals surface area contributed by atoms with Crippen molar-refractivity contribution in [3.8, 4) is 6.07 Å². The van der Waals surface area contributed by atoms with E-state index < -0.39 is 21.6 Å². The predicted octanol–water partition coefficient (Wildman–Crippen LogP) is 3.44. The van der Waals surface area contributed by atoms with E-state index in [0.29, 0.717) is 10.6 Å². The van der Waals surface area contributed by atoms with Crippen molar-refractivity contribution in [2.45, 2.75) is 37.0 Å². The summed E-state index contributed by atoms with van der Waals surface area (Å²) in [5.41, 5.74) is 1.51. The Labute approximate surface area is 155 Å². The number of nitrogens with zero attached hydrogens (tertiary/aromatic N) is 1. The van der Waals surface area contributed by atoms with Gasteiger partial charge in [-0.3, -0.25) is 4.79 Å². The first kappa shape index (κ1) is 18.5. The van der Waals surface area contributed by atoms with Crippen LogP contribution in [0.3, 0.4) is 0 Å². The van der Waals surface area contributed by atoms with Crippen LogP contribution in [-0.4, -0.2) is 20.1 Å². The molecule has 1 amide bonds. The van der Waals surface area contributed by atoms with Crippen molar-refractivity contribution in [1.29, 1.82) is 5.26 Å². The summed E-state index contributed by atoms with van der Waals surface area (Å²) < 4.78 is 37.4. The normalized spacial score (nSPS) is 13.7. The monoisotopic (exact) mass is 392 g/mol. The van der Waals surface area contributed by atoms with Gasteiger partial charge in [0, 0.05) is 11.3 Å². The van der Waals surface area contributed by atoms with Crippen LogP contribution >= 0.6 is 11.3 Å². The number of fused-ring (bicyclic) bond motifs is 1. The molecular formula is C18H17FN2O3S2. The van der Waals surface area contributed by atoms with Crippen LogP contribution in [0.25, 0.3) is 0 Å². The summed E-state index contributed by atoms with van der Waals surface area (Å²) in [5.74, 6) is -1.35. The van der Waals surface area contributed by atoms with Gasteiger partial charge in [-0.1, -0.05) is 0 Å². The van der Waals surface area contributed by atoms with E-state index in [0.717, 1.165) is 48.3 Å². The van der Waals surface area contributed by atoms with Crippen LogP contribution in [0.1, 0.15) is 35.3 Å². The molecule has 3 rings (SSSR count). The maximum atomic E-state index is 12.9. The van der Waals surface area contributed by atoms with Crippen LogP contribution in [-0.2, 0) is 27.5 Å². The highest BCUT2D eigenvalue weighted by atomic mass is 32.2. The fraction of sp³-hybridized carbons (Fsp3) is 0.333. The van der Waals surface area contributed by atoms with Gasteiger partial charge in [0.1, 0.15) is 16.9 Å². The molecule has 0 saturated carbocycles. The molecule has 136 valence electrons. The summed E-state index contributed by atoms with van der Waals surface area (Å²) in [4.78, 5) is 13.3. The summed E-state index contributed by atoms with van der Waals surface area (Å²) in [7, 11) is -3.67. The average molecular weight is 392 g/mol. The highest BCUT2D eigenvalue weighted by Crippen LogP contribution is 2.37. The summed E-state index contributed by atoms with van der Waals surface area (Å²) in [5, 5.41) is 12.6. The van der Waals surface area contributed by atoms with E-state index in [4.69, 9.17) is 0 Å². The van der Waals surface area contributed by atoms with Gasteiger partial charge in [0.25, 0.3) is 0 Å². The smallest absolute Gasteiger partial charge is 0.226 e. The standard InChI is InChI=1S/C18H17FN2O3S2/c19-12-5-7-13(8-6-12)26(23,24)10-9-17(22)21-18-15(11-20)14-3-1-2-4-16(14)25-18/h5-8H,1-4,9-10H2,(H,21,22). The van der Waals surface area contributed by atoms with Crippen molar-refractivity contribution < 1.29 is 17.6 Å². The fourth-order valence-electron chi connectivity index (χ4n) is 2.95. The second-order valence-electron chi connectivity index (χ2n) is 6.10. The first-order valence-corrected chi connectivity index (χ1v) is 10.7. The molecule has 0 saturated heterocycles. The lowest BCUT2D eigenvalue weighted by atomic mass is 9.96. The molecule has 0 aliphatic heterocycles. The molecule has 1 aliphatic rings. The molecule has 0 radical (unpaired) electrons. The Morgan fingerprint density at radius 2 is 1.92 bits per heavy atom. The Bertz CT molecular complexity index is 973. The number of sulfone groups is 1. The molecule has 0 atom stereocenters. The van der Waals surface area contributed by atoms with E-state index in [-0.39, 0.29) is 17.1 Å². The maximum Gasteiger partial charge on any atom is 0.226 e. The molecule has 0 bridgehead atoms. The van der Waals surface area contributed by atoms with E-state index in [1.807, 2.05) is 0 Å². The maximum absolute atomic E-state index is 12.9. The predicted molar refractivity (Wildman–Crippen MR) is 97.4 cm³/mol. The van der Waals surface area contributed by atoms with Gasteiger partial charge in [-0.05, 0) is 55.5 Å². The molecule has 1 aromatic heterocycles. The largest absolute Gasteiger partial charge is 0.317 e. The topological polar surface area (TPSA) is 87.0 Å². The van der Waals surface area contributed by atoms with Crippen LogP contribution in [0.15, 0.2) is 29.2 Å². The lowest BCUT2D eigenvalue weighted by Gasteiger charge is -2.09. The third-order valence-electron chi connectivity index (χ3n) is 4.31. The summed E-state index contributed by atoms with van der Waals surface area (Å²) in [6.45, 7) is 0. The number of carbonyl (C=O) groups is 1. The number of hydrogen-bond donors (Lipinski definition) is 1. The summed E-state index contributed by atoms with van der Waals surface area (Å²) >= 11 is 1.40. The van der Waals surface area contributed by atoms with E-state index in [9.17, 15) is 22.9 Å². The Kier molecular flexibility index (Phi) is 5.39. The van der Waals surface area contributed by atoms with Gasteiger partial charge in [0.05, 0.1) is 16.2 Å². The Morgan fingerprint density at radius 3 is 2.62 bits per heavy atom. The summed E-state index contributed by atoms with van der Waals surface area (Å²) in [6, 6.07) is 6.67. The first-order valence-electron chi connectivity index (χ1n) is 8.23. The van der Waals surface area contributed by atoms with Crippen LogP contribution in [0.4, 0.5) is 9.39 Å². The average Bonchev–Trinajstić information content (AvgIpc) is 2.97. The molecule has 1 aliphatic carbocycles. The van der Waals surface area contributed by atoms with Gasteiger partial charge in [0.2, 0.25) is 5.91 Å². The highest BCUT2D eigenvalue weighted by Gasteiger charge is 2.22. The number of carbonyl (C=O) groups excluding carboxylic acids is 1. The van der Waals surface area contributed by atoms with E-state index in [2.05, 4.69) is 11.4 Å². The molecule has 1 N–H and O–H groups in total. The van der Waals surface area contributed by atoms with Gasteiger partial charge >= 0.3 is 0 Å². The van der Waals surface area contributed by atoms with E-state index in [1.54, 1.807) is 0 Å². The van der Waals surface area contributed by atoms with Crippen LogP contribution in [0, 0.1) is 17.1 Å². The number of anilines is 1. The number of rotatable bonds is 5. The molecule has 1 heterocycles. The van der Waals surface area contributed by atoms with E-state index in [1.165, 1.54) is 23.5 Å². The minimum atomic E-state index is -3.67. The molecule has 1 aromatic carbocycles. The zero-order valence-electron chi connectivity index (χ0n) is 13.9. The van der Waals surface area contributed by atoms with Crippen molar-refractivity contribution in [3.63, 3.8) is 0 Å². The van der Waals surface area contributed by atoms with Crippen molar-refractivity contribution in [2.24, 2.45) is 0 Å². The second-order valence-corrected chi connectivity index (χ2v) is 9.31. The fourth-order valence-corrected chi connectivity index (χ4v) is 5.44. The van der Waals surface area contributed by atoms with Gasteiger partial charge in [0.15, 0.2) is 9.84 Å². The molecule has 8 heteroatoms.